The molecule has 61 heavy (non-hydrogen) atoms. The number of ketones is 3. The van der Waals surface area contributed by atoms with E-state index >= 15 is 0 Å². The fourth-order valence-electron chi connectivity index (χ4n) is 6.68. The van der Waals surface area contributed by atoms with Gasteiger partial charge >= 0.3 is 17.9 Å². The van der Waals surface area contributed by atoms with E-state index in [0.29, 0.717) is 51.3 Å². The molecule has 21 nitrogen and oxygen atoms in total. The Bertz CT molecular complexity index is 2150. The molecule has 1 aliphatic rings. The number of piperazine rings is 1. The lowest BCUT2D eigenvalue weighted by Gasteiger charge is -2.34. The van der Waals surface area contributed by atoms with Crippen LogP contribution in [0.25, 0.3) is 11.2 Å². The number of carboxylic acid groups (broad SMARTS) is 3. The van der Waals surface area contributed by atoms with Gasteiger partial charge in [0, 0.05) is 76.9 Å². The van der Waals surface area contributed by atoms with Crippen molar-refractivity contribution in [1.29, 1.82) is 0 Å². The number of hydrogen-bond donors (Lipinski definition) is 7. The molecule has 0 radical (unpaired) electrons. The lowest BCUT2D eigenvalue weighted by molar-refractivity contribution is -0.145. The summed E-state index contributed by atoms with van der Waals surface area (Å²) in [6.07, 6.45) is 0.579. The Morgan fingerprint density at radius 3 is 2.10 bits per heavy atom. The number of H-pyrrole nitrogens is 1. The normalized spacial score (nSPS) is 14.7. The van der Waals surface area contributed by atoms with Crippen LogP contribution in [0.15, 0.2) is 35.3 Å². The van der Waals surface area contributed by atoms with Crippen LogP contribution in [0, 0.1) is 11.8 Å². The molecule has 8 N–H and O–H groups in total. The number of aryl methyl sites for hydroxylation is 2. The minimum atomic E-state index is -1.58. The first-order valence-electron chi connectivity index (χ1n) is 19.9. The van der Waals surface area contributed by atoms with Gasteiger partial charge in [0.15, 0.2) is 16.9 Å². The molecule has 3 heterocycles. The Hall–Kier alpha value is -6.48. The third-order valence-corrected chi connectivity index (χ3v) is 10.3. The van der Waals surface area contributed by atoms with Crippen LogP contribution < -0.4 is 21.9 Å². The van der Waals surface area contributed by atoms with Crippen molar-refractivity contribution in [2.24, 2.45) is 11.8 Å². The topological polar surface area (TPSA) is 325 Å². The average Bonchev–Trinajstić information content (AvgIpc) is 3.21. The van der Waals surface area contributed by atoms with E-state index in [4.69, 9.17) is 5.73 Å². The first kappa shape index (κ1) is 47.2. The molecule has 0 bridgehead atoms. The van der Waals surface area contributed by atoms with Crippen molar-refractivity contribution in [2.45, 2.75) is 70.8 Å². The monoisotopic (exact) mass is 849 g/mol. The SMILES string of the molecule is CCC(=O)C[C@H](CC(=O)CN1CCN(CCNC(=O)C[C@H](NC(=O)CC[C@H](CC(=O)c2ccc(CCc3cnc4nc(N)[nH]c(=O)c4n3)cc2)C(=O)O)C(=O)O)CC1)C(=O)O. The van der Waals surface area contributed by atoms with Crippen LogP contribution >= 0.6 is 0 Å². The molecular weight excluding hydrogens is 798 g/mol. The number of carbonyl (C=O) groups is 8. The van der Waals surface area contributed by atoms with Crippen molar-refractivity contribution >= 4 is 64.2 Å². The van der Waals surface area contributed by atoms with Crippen molar-refractivity contribution in [3.05, 3.63) is 57.6 Å². The highest BCUT2D eigenvalue weighted by molar-refractivity contribution is 5.98. The number of carbonyl (C=O) groups excluding carboxylic acids is 5. The number of fused-ring (bicyclic) bond motifs is 1. The lowest BCUT2D eigenvalue weighted by atomic mass is 9.93. The molecule has 21 heteroatoms. The Morgan fingerprint density at radius 1 is 0.803 bits per heavy atom. The van der Waals surface area contributed by atoms with Crippen LogP contribution in [0.3, 0.4) is 0 Å². The number of aromatic nitrogens is 4. The molecule has 1 saturated heterocycles. The number of nitrogens with two attached hydrogens (primary N) is 1. The number of nitrogen functional groups attached to an aromatic ring is 1. The average molecular weight is 850 g/mol. The molecule has 1 aromatic carbocycles. The number of aliphatic carboxylic acids is 3. The van der Waals surface area contributed by atoms with E-state index in [2.05, 4.69) is 30.6 Å². The summed E-state index contributed by atoms with van der Waals surface area (Å²) in [5, 5.41) is 33.7. The summed E-state index contributed by atoms with van der Waals surface area (Å²) in [5.74, 6) is -8.66. The maximum atomic E-state index is 13.0. The van der Waals surface area contributed by atoms with Gasteiger partial charge in [-0.25, -0.2) is 14.8 Å². The fraction of sp³-hybridized carbons (Fsp3) is 0.500. The van der Waals surface area contributed by atoms with Gasteiger partial charge in [0.05, 0.1) is 36.7 Å². The molecular formula is C40H51N9O12. The summed E-state index contributed by atoms with van der Waals surface area (Å²) in [6.45, 7) is 4.48. The van der Waals surface area contributed by atoms with Gasteiger partial charge in [-0.3, -0.25) is 53.1 Å². The lowest BCUT2D eigenvalue weighted by Crippen LogP contribution is -2.50. The molecule has 4 rings (SSSR count). The first-order chi connectivity index (χ1) is 29.0. The second-order valence-corrected chi connectivity index (χ2v) is 14.9. The highest BCUT2D eigenvalue weighted by atomic mass is 16.4. The van der Waals surface area contributed by atoms with Crippen LogP contribution in [-0.2, 0) is 46.4 Å². The number of amides is 2. The largest absolute Gasteiger partial charge is 0.481 e. The molecule has 3 atom stereocenters. The minimum absolute atomic E-state index is 0.0591. The number of nitrogens with zero attached hydrogens (tertiary/aromatic N) is 5. The summed E-state index contributed by atoms with van der Waals surface area (Å²) < 4.78 is 0. The molecule has 1 aliphatic heterocycles. The zero-order chi connectivity index (χ0) is 44.6. The van der Waals surface area contributed by atoms with Gasteiger partial charge in [-0.2, -0.15) is 4.98 Å². The molecule has 0 aliphatic carbocycles. The van der Waals surface area contributed by atoms with E-state index in [1.165, 1.54) is 6.20 Å². The Kier molecular flexibility index (Phi) is 17.6. The molecule has 2 aromatic heterocycles. The number of nitrogens with one attached hydrogen (secondary N) is 3. The van der Waals surface area contributed by atoms with Gasteiger partial charge in [0.2, 0.25) is 17.8 Å². The van der Waals surface area contributed by atoms with E-state index in [1.54, 1.807) is 31.2 Å². The van der Waals surface area contributed by atoms with E-state index in [1.807, 2.05) is 9.80 Å². The zero-order valence-electron chi connectivity index (χ0n) is 33.8. The molecule has 3 aromatic rings. The van der Waals surface area contributed by atoms with Gasteiger partial charge in [-0.1, -0.05) is 31.2 Å². The Morgan fingerprint density at radius 2 is 1.46 bits per heavy atom. The predicted molar refractivity (Wildman–Crippen MR) is 216 cm³/mol. The number of Topliss-reactive ketones (excluding diaryl/α,β-unsaturated/α-hetero) is 3. The Labute approximate surface area is 349 Å². The highest BCUT2D eigenvalue weighted by Gasteiger charge is 2.28. The Balaban J connectivity index is 1.15. The number of hydrogen-bond acceptors (Lipinski definition) is 15. The van der Waals surface area contributed by atoms with Crippen LogP contribution in [0.4, 0.5) is 5.95 Å². The number of aromatic amines is 1. The summed E-state index contributed by atoms with van der Waals surface area (Å²) in [7, 11) is 0. The zero-order valence-corrected chi connectivity index (χ0v) is 33.8. The number of carboxylic acids is 3. The van der Waals surface area contributed by atoms with E-state index in [0.717, 1.165) is 5.56 Å². The number of benzene rings is 1. The van der Waals surface area contributed by atoms with Crippen LogP contribution in [-0.4, -0.2) is 144 Å². The molecule has 0 unspecified atom stereocenters. The van der Waals surface area contributed by atoms with Crippen LogP contribution in [0.5, 0.6) is 0 Å². The molecule has 328 valence electrons. The van der Waals surface area contributed by atoms with Gasteiger partial charge < -0.3 is 31.7 Å². The summed E-state index contributed by atoms with van der Waals surface area (Å²) in [4.78, 5) is 129. The standard InChI is InChI=1S/C40H51N9O12/c1-2-28(50)17-26(38(58)59)18-29(51)22-49-15-13-48(14-16-49)12-11-42-33(54)20-30(39(60)61)45-32(53)10-8-25(37(56)57)19-31(52)24-6-3-23(4-7-24)5-9-27-21-43-35-34(44-27)36(55)47-40(41)46-35/h3-4,6-7,21,25-26,30H,2,5,8-20,22H2,1H3,(H,42,54)(H,45,53)(H,56,57)(H,58,59)(H,60,61)(H3,41,43,46,47,55)/t25-,26-,30+/m1/s1. The highest BCUT2D eigenvalue weighted by Crippen LogP contribution is 2.18. The van der Waals surface area contributed by atoms with Crippen molar-refractivity contribution in [1.82, 2.24) is 40.4 Å². The van der Waals surface area contributed by atoms with Crippen LogP contribution in [0.1, 0.15) is 73.5 Å². The van der Waals surface area contributed by atoms with Gasteiger partial charge in [-0.05, 0) is 24.8 Å². The van der Waals surface area contributed by atoms with E-state index in [9.17, 15) is 58.5 Å². The second kappa shape index (κ2) is 22.8. The molecule has 1 fully saturated rings. The van der Waals surface area contributed by atoms with Gasteiger partial charge in [0.1, 0.15) is 17.6 Å². The van der Waals surface area contributed by atoms with Gasteiger partial charge in [-0.15, -0.1) is 0 Å². The smallest absolute Gasteiger partial charge is 0.326 e. The van der Waals surface area contributed by atoms with Crippen LogP contribution in [0.2, 0.25) is 0 Å². The summed E-state index contributed by atoms with van der Waals surface area (Å²) >= 11 is 0. The quantitative estimate of drug-likeness (QED) is 0.0545. The maximum absolute atomic E-state index is 13.0. The van der Waals surface area contributed by atoms with Crippen molar-refractivity contribution in [3.8, 4) is 0 Å². The third kappa shape index (κ3) is 15.2. The molecule has 0 spiro atoms. The molecule has 2 amide bonds. The van der Waals surface area contributed by atoms with E-state index in [-0.39, 0.29) is 73.0 Å². The maximum Gasteiger partial charge on any atom is 0.326 e. The van der Waals surface area contributed by atoms with Crippen molar-refractivity contribution < 1.29 is 53.7 Å². The van der Waals surface area contributed by atoms with E-state index < -0.39 is 78.2 Å². The number of anilines is 1. The van der Waals surface area contributed by atoms with Gasteiger partial charge in [0.25, 0.3) is 5.56 Å². The molecule has 0 saturated carbocycles. The second-order valence-electron chi connectivity index (χ2n) is 14.9. The minimum Gasteiger partial charge on any atom is -0.481 e. The predicted octanol–water partition coefficient (Wildman–Crippen LogP) is -0.143. The first-order valence-corrected chi connectivity index (χ1v) is 19.9. The van der Waals surface area contributed by atoms with Crippen molar-refractivity contribution in [3.63, 3.8) is 0 Å². The number of rotatable bonds is 25. The third-order valence-electron chi connectivity index (χ3n) is 10.3. The summed E-state index contributed by atoms with van der Waals surface area (Å²) in [5.41, 5.74) is 6.86. The fourth-order valence-corrected chi connectivity index (χ4v) is 6.68. The summed E-state index contributed by atoms with van der Waals surface area (Å²) in [6, 6.07) is 4.95. The van der Waals surface area contributed by atoms with Crippen molar-refractivity contribution in [2.75, 3.05) is 51.5 Å².